The summed E-state index contributed by atoms with van der Waals surface area (Å²) in [5.74, 6) is -1.53. The molecule has 0 aliphatic carbocycles. The van der Waals surface area contributed by atoms with Gasteiger partial charge in [0, 0.05) is 67.3 Å². The van der Waals surface area contributed by atoms with Crippen LogP contribution in [0.15, 0.2) is 77.8 Å². The van der Waals surface area contributed by atoms with Gasteiger partial charge in [-0.2, -0.15) is 12.6 Å². The third-order valence-electron chi connectivity index (χ3n) is 9.04. The maximum absolute atomic E-state index is 13.6. The van der Waals surface area contributed by atoms with Gasteiger partial charge in [0.15, 0.2) is 0 Å². The lowest BCUT2D eigenvalue weighted by Crippen LogP contribution is -2.49. The smallest absolute Gasteiger partial charge is 0.437 e. The Labute approximate surface area is 344 Å². The number of alkyl carbamates (subject to hydrolysis) is 1. The summed E-state index contributed by atoms with van der Waals surface area (Å²) in [5, 5.41) is 39.9. The molecule has 316 valence electrons. The van der Waals surface area contributed by atoms with Gasteiger partial charge >= 0.3 is 18.3 Å². The van der Waals surface area contributed by atoms with Crippen molar-refractivity contribution in [2.24, 2.45) is 4.99 Å². The van der Waals surface area contributed by atoms with E-state index in [1.807, 2.05) is 0 Å². The summed E-state index contributed by atoms with van der Waals surface area (Å²) in [5.41, 5.74) is 0.842. The van der Waals surface area contributed by atoms with Gasteiger partial charge in [-0.05, 0) is 65.9 Å². The highest BCUT2D eigenvalue weighted by atomic mass is 32.1. The number of hydrogen-bond donors (Lipinski definition) is 4. The third kappa shape index (κ3) is 12.6. The van der Waals surface area contributed by atoms with Crippen molar-refractivity contribution >= 4 is 65.7 Å². The lowest BCUT2D eigenvalue weighted by atomic mass is 10.2. The molecule has 5 amide bonds. The summed E-state index contributed by atoms with van der Waals surface area (Å²) >= 11 is 4.47. The minimum Gasteiger partial charge on any atom is -0.445 e. The van der Waals surface area contributed by atoms with Crippen LogP contribution >= 0.6 is 12.6 Å². The molecule has 2 heterocycles. The fraction of sp³-hybridized carbons (Fsp3) is 0.333. The average Bonchev–Trinajstić information content (AvgIpc) is 3.87. The van der Waals surface area contributed by atoms with Gasteiger partial charge in [-0.25, -0.2) is 14.4 Å². The first kappa shape index (κ1) is 43.7. The Morgan fingerprint density at radius 2 is 1.23 bits per heavy atom. The first-order valence-electron chi connectivity index (χ1n) is 18.0. The zero-order valence-electron chi connectivity index (χ0n) is 31.4. The third-order valence-corrected chi connectivity index (χ3v) is 9.41. The van der Waals surface area contributed by atoms with E-state index in [9.17, 15) is 54.3 Å². The minimum absolute atomic E-state index is 0.104. The van der Waals surface area contributed by atoms with Crippen molar-refractivity contribution < 1.29 is 53.0 Å². The number of nitro groups is 3. The molecule has 0 saturated carbocycles. The molecular weight excluding hydrogens is 815 g/mol. The van der Waals surface area contributed by atoms with Crippen molar-refractivity contribution in [3.05, 3.63) is 120 Å². The van der Waals surface area contributed by atoms with Crippen LogP contribution in [-0.2, 0) is 43.6 Å². The van der Waals surface area contributed by atoms with Crippen molar-refractivity contribution in [3.63, 3.8) is 0 Å². The van der Waals surface area contributed by atoms with Crippen molar-refractivity contribution in [1.82, 2.24) is 25.8 Å². The van der Waals surface area contributed by atoms with Crippen LogP contribution in [0.2, 0.25) is 0 Å². The number of guanidine groups is 1. The number of ether oxygens (including phenoxy) is 3. The molecule has 2 fully saturated rings. The van der Waals surface area contributed by atoms with E-state index in [0.29, 0.717) is 23.1 Å². The van der Waals surface area contributed by atoms with Crippen LogP contribution in [0.5, 0.6) is 0 Å². The number of thiol groups is 1. The number of non-ortho nitro benzene ring substituents is 3. The number of aliphatic imine (C=N–C) groups is 1. The van der Waals surface area contributed by atoms with E-state index in [-0.39, 0.29) is 74.1 Å². The van der Waals surface area contributed by atoms with Crippen molar-refractivity contribution in [2.45, 2.75) is 50.0 Å². The second-order valence-electron chi connectivity index (χ2n) is 13.3. The van der Waals surface area contributed by atoms with Crippen molar-refractivity contribution in [1.29, 1.82) is 0 Å². The molecule has 3 aromatic carbocycles. The van der Waals surface area contributed by atoms with E-state index in [1.54, 1.807) is 0 Å². The van der Waals surface area contributed by atoms with E-state index in [1.165, 1.54) is 82.6 Å². The molecule has 0 aromatic heterocycles. The summed E-state index contributed by atoms with van der Waals surface area (Å²) in [6.45, 7) is -0.863. The Morgan fingerprint density at radius 1 is 0.733 bits per heavy atom. The van der Waals surface area contributed by atoms with Crippen LogP contribution in [0.1, 0.15) is 29.5 Å². The molecule has 2 aliphatic heterocycles. The van der Waals surface area contributed by atoms with Crippen LogP contribution < -0.4 is 16.0 Å². The largest absolute Gasteiger partial charge is 0.445 e. The van der Waals surface area contributed by atoms with Gasteiger partial charge in [-0.1, -0.05) is 0 Å². The normalized spacial score (nSPS) is 17.3. The lowest BCUT2D eigenvalue weighted by molar-refractivity contribution is -0.385. The topological polar surface area (TPSA) is 297 Å². The number of nitrogens with one attached hydrogen (secondary N) is 3. The SMILES string of the molecule is O=C(CN/C(=N\C(=O)OCc1ccc([N+](=O)[O-])cc1)NC(=O)OCc1ccc([N+](=O)[O-])cc1)N[C@H]1CCN(C(=O)[C@@H]2C[C@H](S)CN2C(=O)OCc2ccc([N+](=O)[O-])cc2)C1. The Kier molecular flexibility index (Phi) is 14.8. The molecule has 0 bridgehead atoms. The van der Waals surface area contributed by atoms with Crippen molar-refractivity contribution in [2.75, 3.05) is 26.2 Å². The molecule has 60 heavy (non-hydrogen) atoms. The molecule has 2 saturated heterocycles. The number of likely N-dealkylation sites (tertiary alicyclic amines) is 2. The average molecular weight is 852 g/mol. The molecular formula is C36H37N9O14S. The molecule has 23 nitrogen and oxygen atoms in total. The zero-order valence-corrected chi connectivity index (χ0v) is 32.3. The summed E-state index contributed by atoms with van der Waals surface area (Å²) in [6, 6.07) is 14.4. The molecule has 3 N–H and O–H groups in total. The number of benzene rings is 3. The fourth-order valence-corrected chi connectivity index (χ4v) is 6.39. The number of hydrogen-bond acceptors (Lipinski definition) is 15. The van der Waals surface area contributed by atoms with Crippen molar-refractivity contribution in [3.8, 4) is 0 Å². The first-order chi connectivity index (χ1) is 28.6. The zero-order chi connectivity index (χ0) is 43.3. The highest BCUT2D eigenvalue weighted by Gasteiger charge is 2.42. The molecule has 0 unspecified atom stereocenters. The van der Waals surface area contributed by atoms with Crippen LogP contribution in [0.4, 0.5) is 31.4 Å². The highest BCUT2D eigenvalue weighted by Crippen LogP contribution is 2.26. The van der Waals surface area contributed by atoms with E-state index >= 15 is 0 Å². The Morgan fingerprint density at radius 3 is 1.75 bits per heavy atom. The van der Waals surface area contributed by atoms with E-state index in [2.05, 4.69) is 33.6 Å². The molecule has 0 radical (unpaired) electrons. The molecule has 24 heteroatoms. The van der Waals surface area contributed by atoms with E-state index < -0.39 is 63.5 Å². The fourth-order valence-electron chi connectivity index (χ4n) is 6.01. The first-order valence-corrected chi connectivity index (χ1v) is 18.5. The molecule has 2 aliphatic rings. The molecule has 3 aromatic rings. The van der Waals surface area contributed by atoms with Gasteiger partial charge in [0.05, 0.1) is 21.3 Å². The number of amides is 5. The maximum atomic E-state index is 13.6. The monoisotopic (exact) mass is 851 g/mol. The van der Waals surface area contributed by atoms with Crippen LogP contribution in [-0.4, -0.2) is 104 Å². The summed E-state index contributed by atoms with van der Waals surface area (Å²) < 4.78 is 15.6. The van der Waals surface area contributed by atoms with Gasteiger partial charge in [0.1, 0.15) is 25.9 Å². The number of nitrogens with zero attached hydrogens (tertiary/aromatic N) is 6. The highest BCUT2D eigenvalue weighted by molar-refractivity contribution is 7.81. The maximum Gasteiger partial charge on any atom is 0.437 e. The summed E-state index contributed by atoms with van der Waals surface area (Å²) in [7, 11) is 0. The van der Waals surface area contributed by atoms with Gasteiger partial charge < -0.3 is 29.7 Å². The number of carbonyl (C=O) groups excluding carboxylic acids is 5. The lowest BCUT2D eigenvalue weighted by Gasteiger charge is -2.27. The van der Waals surface area contributed by atoms with Gasteiger partial charge in [0.25, 0.3) is 17.1 Å². The van der Waals surface area contributed by atoms with Gasteiger partial charge in [-0.3, -0.25) is 50.1 Å². The number of rotatable bonds is 13. The van der Waals surface area contributed by atoms with Gasteiger partial charge in [-0.15, -0.1) is 4.99 Å². The Bertz CT molecular complexity index is 2140. The Hall–Kier alpha value is -7.37. The second-order valence-corrected chi connectivity index (χ2v) is 14.0. The van der Waals surface area contributed by atoms with E-state index in [0.717, 1.165) is 0 Å². The minimum atomic E-state index is -1.21. The van der Waals surface area contributed by atoms with E-state index in [4.69, 9.17) is 14.2 Å². The second kappa shape index (κ2) is 20.4. The number of nitro benzene ring substituents is 3. The summed E-state index contributed by atoms with van der Waals surface area (Å²) in [4.78, 5) is 102. The number of carbonyl (C=O) groups is 5. The summed E-state index contributed by atoms with van der Waals surface area (Å²) in [6.07, 6.45) is -2.46. The Balaban J connectivity index is 1.13. The standard InChI is InChI=1S/C36H37N9O14S/c46-31(38-25-13-14-41(17-25)32(47)30-15-29(60)18-42(30)36(50)59-21-24-5-11-28(12-6-24)45(55)56)16-37-33(39-34(48)57-19-22-1-7-26(8-2-22)43(51)52)40-35(49)58-20-23-3-9-27(10-4-23)44(53)54/h1-12,25,29-30,60H,13-21H2,(H,38,46)(H2,37,39,40,48,49)/t25-,29-,30-/m0/s1. The predicted molar refractivity (Wildman–Crippen MR) is 209 cm³/mol. The molecule has 0 spiro atoms. The molecule has 3 atom stereocenters. The van der Waals surface area contributed by atoms with Crippen LogP contribution in [0.25, 0.3) is 0 Å². The van der Waals surface area contributed by atoms with Crippen LogP contribution in [0.3, 0.4) is 0 Å². The quantitative estimate of drug-likeness (QED) is 0.0479. The predicted octanol–water partition coefficient (Wildman–Crippen LogP) is 3.35. The van der Waals surface area contributed by atoms with Crippen LogP contribution in [0, 0.1) is 30.3 Å². The molecule has 5 rings (SSSR count). The van der Waals surface area contributed by atoms with Gasteiger partial charge in [0.2, 0.25) is 17.8 Å².